The molecule has 1 N–H and O–H groups in total. The zero-order valence-electron chi connectivity index (χ0n) is 18.2. The number of aromatic nitrogens is 1. The predicted octanol–water partition coefficient (Wildman–Crippen LogP) is 3.76. The smallest absolute Gasteiger partial charge is 0.261 e. The normalized spacial score (nSPS) is 14.7. The molecular formula is C24H25FN4O3S. The van der Waals surface area contributed by atoms with Crippen molar-refractivity contribution in [2.24, 2.45) is 0 Å². The van der Waals surface area contributed by atoms with Crippen LogP contribution in [0.15, 0.2) is 77.8 Å². The van der Waals surface area contributed by atoms with Crippen LogP contribution in [0.4, 0.5) is 15.9 Å². The second kappa shape index (κ2) is 9.58. The van der Waals surface area contributed by atoms with Gasteiger partial charge in [0.05, 0.1) is 4.90 Å². The van der Waals surface area contributed by atoms with E-state index in [4.69, 9.17) is 0 Å². The Labute approximate surface area is 192 Å². The number of anilines is 2. The van der Waals surface area contributed by atoms with Crippen LogP contribution < -0.4 is 9.62 Å². The zero-order valence-corrected chi connectivity index (χ0v) is 19.0. The van der Waals surface area contributed by atoms with Gasteiger partial charge in [0.1, 0.15) is 11.6 Å². The number of benzene rings is 2. The number of halogens is 1. The average molecular weight is 469 g/mol. The van der Waals surface area contributed by atoms with Crippen molar-refractivity contribution < 1.29 is 17.6 Å². The summed E-state index contributed by atoms with van der Waals surface area (Å²) in [6.45, 7) is 1.65. The van der Waals surface area contributed by atoms with Gasteiger partial charge in [-0.1, -0.05) is 6.07 Å². The quantitative estimate of drug-likeness (QED) is 0.596. The lowest BCUT2D eigenvalue weighted by atomic mass is 10.0. The van der Waals surface area contributed by atoms with Gasteiger partial charge in [0.2, 0.25) is 0 Å². The second-order valence-electron chi connectivity index (χ2n) is 7.96. The highest BCUT2D eigenvalue weighted by atomic mass is 32.2. The number of sulfonamides is 1. The van der Waals surface area contributed by atoms with Crippen molar-refractivity contribution in [1.29, 1.82) is 0 Å². The van der Waals surface area contributed by atoms with Crippen molar-refractivity contribution in [1.82, 2.24) is 9.88 Å². The molecule has 1 aliphatic heterocycles. The summed E-state index contributed by atoms with van der Waals surface area (Å²) in [6, 6.07) is 16.8. The Morgan fingerprint density at radius 1 is 1.03 bits per heavy atom. The molecule has 0 unspecified atom stereocenters. The Kier molecular flexibility index (Phi) is 6.60. The van der Waals surface area contributed by atoms with Crippen LogP contribution in [-0.4, -0.2) is 50.4 Å². The molecule has 0 bridgehead atoms. The molecule has 9 heteroatoms. The standard InChI is InChI=1S/C24H25FN4O3S/c1-28(21-13-16-29(17-14-21)23-4-2-3-15-26-23)24(30)18-5-9-20(10-6-18)27-33(31,32)22-11-7-19(25)8-12-22/h2-12,15,21,27H,13-14,16-17H2,1H3. The summed E-state index contributed by atoms with van der Waals surface area (Å²) in [5, 5.41) is 0. The fraction of sp³-hybridized carbons (Fsp3) is 0.250. The van der Waals surface area contributed by atoms with Gasteiger partial charge in [-0.2, -0.15) is 0 Å². The highest BCUT2D eigenvalue weighted by Crippen LogP contribution is 2.22. The summed E-state index contributed by atoms with van der Waals surface area (Å²) in [5.74, 6) is 0.325. The van der Waals surface area contributed by atoms with Crippen LogP contribution in [0.3, 0.4) is 0 Å². The van der Waals surface area contributed by atoms with E-state index in [0.29, 0.717) is 11.3 Å². The van der Waals surface area contributed by atoms with E-state index in [9.17, 15) is 17.6 Å². The number of hydrogen-bond donors (Lipinski definition) is 1. The van der Waals surface area contributed by atoms with E-state index in [-0.39, 0.29) is 16.8 Å². The van der Waals surface area contributed by atoms with Gasteiger partial charge >= 0.3 is 0 Å². The largest absolute Gasteiger partial charge is 0.356 e. The Balaban J connectivity index is 1.36. The number of nitrogens with zero attached hydrogens (tertiary/aromatic N) is 3. The van der Waals surface area contributed by atoms with E-state index in [2.05, 4.69) is 14.6 Å². The molecule has 2 heterocycles. The molecule has 1 amide bonds. The number of amides is 1. The number of rotatable bonds is 6. The SMILES string of the molecule is CN(C(=O)c1ccc(NS(=O)(=O)c2ccc(F)cc2)cc1)C1CCN(c2ccccn2)CC1. The monoisotopic (exact) mass is 468 g/mol. The fourth-order valence-corrected chi connectivity index (χ4v) is 4.96. The summed E-state index contributed by atoms with van der Waals surface area (Å²) in [5.41, 5.74) is 0.802. The Morgan fingerprint density at radius 3 is 2.30 bits per heavy atom. The van der Waals surface area contributed by atoms with Gasteiger partial charge in [0.15, 0.2) is 0 Å². The first-order valence-corrected chi connectivity index (χ1v) is 12.1. The maximum Gasteiger partial charge on any atom is 0.261 e. The van der Waals surface area contributed by atoms with Crippen LogP contribution >= 0.6 is 0 Å². The molecule has 33 heavy (non-hydrogen) atoms. The molecule has 7 nitrogen and oxygen atoms in total. The van der Waals surface area contributed by atoms with Crippen LogP contribution in [0.25, 0.3) is 0 Å². The Hall–Kier alpha value is -3.46. The van der Waals surface area contributed by atoms with Gasteiger partial charge in [-0.25, -0.2) is 17.8 Å². The molecule has 0 aliphatic carbocycles. The first-order chi connectivity index (χ1) is 15.8. The van der Waals surface area contributed by atoms with Crippen molar-refractivity contribution in [2.45, 2.75) is 23.8 Å². The minimum Gasteiger partial charge on any atom is -0.356 e. The molecule has 2 aromatic carbocycles. The molecule has 0 spiro atoms. The molecule has 1 saturated heterocycles. The molecule has 4 rings (SSSR count). The second-order valence-corrected chi connectivity index (χ2v) is 9.64. The maximum absolute atomic E-state index is 13.1. The van der Waals surface area contributed by atoms with E-state index in [0.717, 1.165) is 43.9 Å². The van der Waals surface area contributed by atoms with Crippen LogP contribution in [0.1, 0.15) is 23.2 Å². The zero-order chi connectivity index (χ0) is 23.4. The fourth-order valence-electron chi connectivity index (χ4n) is 3.90. The van der Waals surface area contributed by atoms with E-state index in [1.807, 2.05) is 18.2 Å². The molecule has 0 saturated carbocycles. The van der Waals surface area contributed by atoms with Gasteiger partial charge < -0.3 is 9.80 Å². The summed E-state index contributed by atoms with van der Waals surface area (Å²) in [4.78, 5) is 21.3. The van der Waals surface area contributed by atoms with E-state index in [1.54, 1.807) is 42.4 Å². The summed E-state index contributed by atoms with van der Waals surface area (Å²) in [7, 11) is -2.05. The van der Waals surface area contributed by atoms with Gasteiger partial charge in [-0.05, 0) is 73.5 Å². The highest BCUT2D eigenvalue weighted by Gasteiger charge is 2.26. The molecular weight excluding hydrogens is 443 g/mol. The Bertz CT molecular complexity index is 1190. The summed E-state index contributed by atoms with van der Waals surface area (Å²) >= 11 is 0. The van der Waals surface area contributed by atoms with E-state index in [1.165, 1.54) is 12.1 Å². The minimum absolute atomic E-state index is 0.0409. The van der Waals surface area contributed by atoms with Crippen LogP contribution in [0, 0.1) is 5.82 Å². The summed E-state index contributed by atoms with van der Waals surface area (Å²) < 4.78 is 40.4. The van der Waals surface area contributed by atoms with Crippen molar-refractivity contribution in [3.8, 4) is 0 Å². The maximum atomic E-state index is 13.1. The van der Waals surface area contributed by atoms with Crippen LogP contribution in [-0.2, 0) is 10.0 Å². The number of carbonyl (C=O) groups is 1. The predicted molar refractivity (Wildman–Crippen MR) is 125 cm³/mol. The first-order valence-electron chi connectivity index (χ1n) is 10.6. The number of hydrogen-bond acceptors (Lipinski definition) is 5. The van der Waals surface area contributed by atoms with Crippen molar-refractivity contribution >= 4 is 27.4 Å². The third kappa shape index (κ3) is 5.31. The molecule has 172 valence electrons. The highest BCUT2D eigenvalue weighted by molar-refractivity contribution is 7.92. The van der Waals surface area contributed by atoms with E-state index < -0.39 is 15.8 Å². The number of carbonyl (C=O) groups excluding carboxylic acids is 1. The number of nitrogens with one attached hydrogen (secondary N) is 1. The lowest BCUT2D eigenvalue weighted by Crippen LogP contribution is -2.45. The third-order valence-corrected chi connectivity index (χ3v) is 7.21. The lowest BCUT2D eigenvalue weighted by Gasteiger charge is -2.37. The number of pyridine rings is 1. The van der Waals surface area contributed by atoms with Crippen molar-refractivity contribution in [2.75, 3.05) is 29.8 Å². The topological polar surface area (TPSA) is 82.6 Å². The molecule has 1 fully saturated rings. The van der Waals surface area contributed by atoms with Gasteiger partial charge in [-0.15, -0.1) is 0 Å². The van der Waals surface area contributed by atoms with Crippen LogP contribution in [0.5, 0.6) is 0 Å². The van der Waals surface area contributed by atoms with Gasteiger partial charge in [-0.3, -0.25) is 9.52 Å². The summed E-state index contributed by atoms with van der Waals surface area (Å²) in [6.07, 6.45) is 3.46. The molecule has 1 aliphatic rings. The minimum atomic E-state index is -3.85. The van der Waals surface area contributed by atoms with Crippen LogP contribution in [0.2, 0.25) is 0 Å². The number of piperidine rings is 1. The molecule has 0 atom stereocenters. The molecule has 1 aromatic heterocycles. The Morgan fingerprint density at radius 2 is 1.70 bits per heavy atom. The average Bonchev–Trinajstić information content (AvgIpc) is 2.84. The van der Waals surface area contributed by atoms with Gasteiger partial charge in [0.25, 0.3) is 15.9 Å². The molecule has 0 radical (unpaired) electrons. The van der Waals surface area contributed by atoms with Crippen molar-refractivity contribution in [3.63, 3.8) is 0 Å². The van der Waals surface area contributed by atoms with Gasteiger partial charge in [0, 0.05) is 43.6 Å². The first kappa shape index (κ1) is 22.7. The van der Waals surface area contributed by atoms with Crippen molar-refractivity contribution in [3.05, 3.63) is 84.3 Å². The third-order valence-electron chi connectivity index (χ3n) is 5.81. The molecule has 3 aromatic rings. The lowest BCUT2D eigenvalue weighted by molar-refractivity contribution is 0.0709. The van der Waals surface area contributed by atoms with E-state index >= 15 is 0 Å².